The van der Waals surface area contributed by atoms with Gasteiger partial charge in [0, 0.05) is 6.42 Å². The van der Waals surface area contributed by atoms with Crippen molar-refractivity contribution >= 4 is 5.78 Å². The summed E-state index contributed by atoms with van der Waals surface area (Å²) in [6, 6.07) is 3.87. The van der Waals surface area contributed by atoms with Crippen LogP contribution in [0.15, 0.2) is 35.8 Å². The highest BCUT2D eigenvalue weighted by molar-refractivity contribution is 6.06. The molecule has 0 aromatic heterocycles. The largest absolute Gasteiger partial charge is 0.493 e. The van der Waals surface area contributed by atoms with Gasteiger partial charge in [-0.15, -0.1) is 0 Å². The molecule has 0 N–H and O–H groups in total. The van der Waals surface area contributed by atoms with Crippen LogP contribution in [-0.4, -0.2) is 52.5 Å². The first-order valence-corrected chi connectivity index (χ1v) is 9.82. The summed E-state index contributed by atoms with van der Waals surface area (Å²) in [5.74, 6) is 2.13. The molecule has 1 aromatic carbocycles. The van der Waals surface area contributed by atoms with Gasteiger partial charge in [-0.2, -0.15) is 0 Å². The van der Waals surface area contributed by atoms with Crippen LogP contribution in [0.2, 0.25) is 0 Å². The number of ether oxygens (including phenoxy) is 6. The van der Waals surface area contributed by atoms with E-state index in [0.717, 1.165) is 5.56 Å². The zero-order valence-corrected chi connectivity index (χ0v) is 18.7. The van der Waals surface area contributed by atoms with Crippen molar-refractivity contribution in [2.45, 2.75) is 37.9 Å². The maximum absolute atomic E-state index is 12.4. The van der Waals surface area contributed by atoms with E-state index in [9.17, 15) is 4.79 Å². The van der Waals surface area contributed by atoms with Crippen LogP contribution in [0.5, 0.6) is 17.2 Å². The van der Waals surface area contributed by atoms with Crippen LogP contribution in [0.25, 0.3) is 0 Å². The van der Waals surface area contributed by atoms with E-state index in [1.54, 1.807) is 33.5 Å². The van der Waals surface area contributed by atoms with E-state index in [1.165, 1.54) is 14.2 Å². The molecule has 0 bridgehead atoms. The maximum atomic E-state index is 12.4. The Hall–Kier alpha value is -2.67. The van der Waals surface area contributed by atoms with Crippen molar-refractivity contribution in [2.24, 2.45) is 5.92 Å². The van der Waals surface area contributed by atoms with Gasteiger partial charge in [0.15, 0.2) is 23.0 Å². The highest BCUT2D eigenvalue weighted by Crippen LogP contribution is 2.49. The second-order valence-corrected chi connectivity index (χ2v) is 7.94. The molecular weight excluding hydrogens is 388 g/mol. The lowest BCUT2D eigenvalue weighted by molar-refractivity contribution is -0.119. The first-order chi connectivity index (χ1) is 14.2. The third-order valence-corrected chi connectivity index (χ3v) is 6.01. The van der Waals surface area contributed by atoms with Gasteiger partial charge in [-0.25, -0.2) is 0 Å². The monoisotopic (exact) mass is 418 g/mol. The lowest BCUT2D eigenvalue weighted by Crippen LogP contribution is -2.37. The Balaban J connectivity index is 1.96. The van der Waals surface area contributed by atoms with Crippen molar-refractivity contribution in [3.63, 3.8) is 0 Å². The fourth-order valence-corrected chi connectivity index (χ4v) is 4.34. The van der Waals surface area contributed by atoms with Crippen LogP contribution in [-0.2, 0) is 25.4 Å². The summed E-state index contributed by atoms with van der Waals surface area (Å²) in [4.78, 5) is 12.4. The smallest absolute Gasteiger partial charge is 0.261 e. The first-order valence-electron chi connectivity index (χ1n) is 9.82. The average Bonchev–Trinajstić information content (AvgIpc) is 2.97. The van der Waals surface area contributed by atoms with E-state index in [4.69, 9.17) is 28.4 Å². The summed E-state index contributed by atoms with van der Waals surface area (Å²) in [6.07, 6.45) is 4.83. The molecule has 0 unspecified atom stereocenters. The summed E-state index contributed by atoms with van der Waals surface area (Å²) in [6.45, 7) is 4.22. The summed E-state index contributed by atoms with van der Waals surface area (Å²) in [7, 11) is 7.73. The Morgan fingerprint density at radius 1 is 0.933 bits per heavy atom. The van der Waals surface area contributed by atoms with E-state index in [2.05, 4.69) is 13.8 Å². The van der Waals surface area contributed by atoms with Crippen LogP contribution in [0.3, 0.4) is 0 Å². The minimum atomic E-state index is -0.764. The minimum absolute atomic E-state index is 0.188. The summed E-state index contributed by atoms with van der Waals surface area (Å²) in [5, 5.41) is 0. The van der Waals surface area contributed by atoms with Gasteiger partial charge < -0.3 is 28.4 Å². The number of rotatable bonds is 7. The highest BCUT2D eigenvalue weighted by atomic mass is 16.5. The Bertz CT molecular complexity index is 837. The van der Waals surface area contributed by atoms with Gasteiger partial charge in [0.05, 0.1) is 41.2 Å². The SMILES string of the molecule is COC1=CC2(C=C(OC)C1=O)C[C@H](C)[C@@](C)(Cc1cc(OC)c(OC)c(OC)c1)O2. The van der Waals surface area contributed by atoms with Gasteiger partial charge in [-0.1, -0.05) is 6.92 Å². The molecule has 1 spiro atoms. The molecule has 164 valence electrons. The van der Waals surface area contributed by atoms with Crippen molar-refractivity contribution in [3.8, 4) is 17.2 Å². The lowest BCUT2D eigenvalue weighted by Gasteiger charge is -2.33. The molecule has 1 aromatic rings. The zero-order valence-electron chi connectivity index (χ0n) is 18.7. The Kier molecular flexibility index (Phi) is 6.04. The van der Waals surface area contributed by atoms with Crippen molar-refractivity contribution < 1.29 is 33.2 Å². The quantitative estimate of drug-likeness (QED) is 0.671. The first kappa shape index (κ1) is 22.0. The molecule has 1 fully saturated rings. The normalized spacial score (nSPS) is 24.9. The van der Waals surface area contributed by atoms with Crippen molar-refractivity contribution in [3.05, 3.63) is 41.4 Å². The molecule has 30 heavy (non-hydrogen) atoms. The predicted octanol–water partition coefficient (Wildman–Crippen LogP) is 3.45. The Morgan fingerprint density at radius 2 is 1.47 bits per heavy atom. The van der Waals surface area contributed by atoms with Crippen LogP contribution in [0.4, 0.5) is 0 Å². The molecule has 7 nitrogen and oxygen atoms in total. The van der Waals surface area contributed by atoms with E-state index in [1.807, 2.05) is 12.1 Å². The number of carbonyl (C=O) groups is 1. The van der Waals surface area contributed by atoms with Gasteiger partial charge in [-0.3, -0.25) is 4.79 Å². The number of hydrogen-bond acceptors (Lipinski definition) is 7. The van der Waals surface area contributed by atoms with E-state index < -0.39 is 11.2 Å². The van der Waals surface area contributed by atoms with Crippen LogP contribution < -0.4 is 14.2 Å². The van der Waals surface area contributed by atoms with Gasteiger partial charge >= 0.3 is 0 Å². The Morgan fingerprint density at radius 3 is 1.90 bits per heavy atom. The lowest BCUT2D eigenvalue weighted by atomic mass is 9.81. The third kappa shape index (κ3) is 3.74. The fraction of sp³-hybridized carbons (Fsp3) is 0.522. The van der Waals surface area contributed by atoms with Crippen molar-refractivity contribution in [1.29, 1.82) is 0 Å². The topological polar surface area (TPSA) is 72.5 Å². The highest BCUT2D eigenvalue weighted by Gasteiger charge is 2.52. The zero-order chi connectivity index (χ0) is 22.1. The third-order valence-electron chi connectivity index (χ3n) is 6.01. The second-order valence-electron chi connectivity index (χ2n) is 7.94. The van der Waals surface area contributed by atoms with Crippen LogP contribution in [0.1, 0.15) is 25.8 Å². The van der Waals surface area contributed by atoms with E-state index >= 15 is 0 Å². The molecular formula is C23H30O7. The summed E-state index contributed by atoms with van der Waals surface area (Å²) >= 11 is 0. The molecule has 0 saturated carbocycles. The van der Waals surface area contributed by atoms with Gasteiger partial charge in [0.25, 0.3) is 5.78 Å². The maximum Gasteiger partial charge on any atom is 0.261 e. The Labute approximate surface area is 177 Å². The average molecular weight is 418 g/mol. The van der Waals surface area contributed by atoms with Crippen LogP contribution in [0, 0.1) is 5.92 Å². The number of ketones is 1. The molecule has 1 aliphatic heterocycles. The molecule has 3 rings (SSSR count). The fourth-order valence-electron chi connectivity index (χ4n) is 4.34. The van der Waals surface area contributed by atoms with Gasteiger partial charge in [-0.05, 0) is 49.1 Å². The summed E-state index contributed by atoms with van der Waals surface area (Å²) < 4.78 is 33.6. The van der Waals surface area contributed by atoms with Gasteiger partial charge in [0.1, 0.15) is 5.60 Å². The number of Topliss-reactive ketones (excluding diaryl/α,β-unsaturated/α-hetero) is 1. The van der Waals surface area contributed by atoms with E-state index in [-0.39, 0.29) is 23.2 Å². The molecule has 1 aliphatic carbocycles. The minimum Gasteiger partial charge on any atom is -0.493 e. The molecule has 0 amide bonds. The van der Waals surface area contributed by atoms with Crippen molar-refractivity contribution in [2.75, 3.05) is 35.5 Å². The number of methoxy groups -OCH3 is 5. The molecule has 7 heteroatoms. The molecule has 1 saturated heterocycles. The standard InChI is InChI=1S/C23H30O7/c1-14-10-23(12-18(27-5)20(24)19(13-23)28-6)30-22(14,2)11-15-8-16(25-3)21(29-7)17(9-15)26-4/h8-9,12-14H,10-11H2,1-7H3/t14-,22+/m0/s1. The van der Waals surface area contributed by atoms with Gasteiger partial charge in [0.2, 0.25) is 5.75 Å². The number of benzene rings is 1. The predicted molar refractivity (Wildman–Crippen MR) is 111 cm³/mol. The molecule has 2 atom stereocenters. The van der Waals surface area contributed by atoms with E-state index in [0.29, 0.717) is 30.1 Å². The second kappa shape index (κ2) is 8.22. The van der Waals surface area contributed by atoms with Crippen molar-refractivity contribution in [1.82, 2.24) is 0 Å². The molecule has 0 radical (unpaired) electrons. The number of carbonyl (C=O) groups excluding carboxylic acids is 1. The summed E-state index contributed by atoms with van der Waals surface area (Å²) in [5.41, 5.74) is -0.274. The molecule has 2 aliphatic rings. The molecule has 1 heterocycles. The number of hydrogen-bond donors (Lipinski definition) is 0. The van der Waals surface area contributed by atoms with Crippen LogP contribution >= 0.6 is 0 Å².